The van der Waals surface area contributed by atoms with Gasteiger partial charge in [-0.1, -0.05) is 57.2 Å². The summed E-state index contributed by atoms with van der Waals surface area (Å²) >= 11 is 0. The maximum absolute atomic E-state index is 12.7. The Bertz CT molecular complexity index is 631. The van der Waals surface area contributed by atoms with Gasteiger partial charge in [-0.05, 0) is 42.0 Å². The molecule has 1 heteroatoms. The number of aryl methyl sites for hydroxylation is 1. The van der Waals surface area contributed by atoms with Crippen LogP contribution in [0.1, 0.15) is 53.4 Å². The number of carbonyl (C=O) groups excluding carboxylic acids is 1. The van der Waals surface area contributed by atoms with E-state index in [9.17, 15) is 4.79 Å². The lowest BCUT2D eigenvalue weighted by Crippen LogP contribution is -2.14. The number of hydrogen-bond donors (Lipinski definition) is 0. The molecule has 0 N–H and O–H groups in total. The van der Waals surface area contributed by atoms with E-state index in [1.807, 2.05) is 37.3 Å². The van der Waals surface area contributed by atoms with Crippen LogP contribution in [0.5, 0.6) is 0 Å². The standard InChI is InChI=1S/C19H22O/c1-13-11-16(19(3,4)5)12-17(14(13)2)18(20)15-9-7-6-8-10-15/h6-12H,1-5H3. The molecule has 2 aromatic carbocycles. The molecular formula is C19H22O. The zero-order valence-corrected chi connectivity index (χ0v) is 12.9. The summed E-state index contributed by atoms with van der Waals surface area (Å²) in [5.74, 6) is 0.109. The molecule has 104 valence electrons. The Balaban J connectivity index is 2.57. The molecule has 0 amide bonds. The van der Waals surface area contributed by atoms with Gasteiger partial charge in [0.15, 0.2) is 5.78 Å². The van der Waals surface area contributed by atoms with Crippen LogP contribution in [0.25, 0.3) is 0 Å². The predicted octanol–water partition coefficient (Wildman–Crippen LogP) is 4.83. The van der Waals surface area contributed by atoms with Crippen LogP contribution in [-0.2, 0) is 5.41 Å². The van der Waals surface area contributed by atoms with Crippen molar-refractivity contribution < 1.29 is 4.79 Å². The fraction of sp³-hybridized carbons (Fsp3) is 0.316. The maximum atomic E-state index is 12.7. The molecule has 0 aliphatic carbocycles. The number of rotatable bonds is 2. The van der Waals surface area contributed by atoms with E-state index in [2.05, 4.69) is 39.8 Å². The van der Waals surface area contributed by atoms with E-state index < -0.39 is 0 Å². The lowest BCUT2D eigenvalue weighted by molar-refractivity contribution is 0.103. The Hall–Kier alpha value is -1.89. The third kappa shape index (κ3) is 2.82. The van der Waals surface area contributed by atoms with Crippen molar-refractivity contribution in [3.8, 4) is 0 Å². The molecule has 0 atom stereocenters. The molecular weight excluding hydrogens is 244 g/mol. The minimum absolute atomic E-state index is 0.0458. The first-order chi connectivity index (χ1) is 9.30. The van der Waals surface area contributed by atoms with Crippen molar-refractivity contribution in [1.29, 1.82) is 0 Å². The monoisotopic (exact) mass is 266 g/mol. The van der Waals surface area contributed by atoms with Crippen LogP contribution in [-0.4, -0.2) is 5.78 Å². The molecule has 0 unspecified atom stereocenters. The fourth-order valence-corrected chi connectivity index (χ4v) is 2.27. The van der Waals surface area contributed by atoms with Gasteiger partial charge in [0, 0.05) is 11.1 Å². The molecule has 2 rings (SSSR count). The van der Waals surface area contributed by atoms with Gasteiger partial charge in [-0.3, -0.25) is 4.79 Å². The molecule has 2 aromatic rings. The average Bonchev–Trinajstić information content (AvgIpc) is 2.40. The molecule has 0 fully saturated rings. The van der Waals surface area contributed by atoms with Gasteiger partial charge in [-0.25, -0.2) is 0 Å². The highest BCUT2D eigenvalue weighted by atomic mass is 16.1. The summed E-state index contributed by atoms with van der Waals surface area (Å²) in [5.41, 5.74) is 5.08. The summed E-state index contributed by atoms with van der Waals surface area (Å²) in [4.78, 5) is 12.7. The highest BCUT2D eigenvalue weighted by Gasteiger charge is 2.19. The van der Waals surface area contributed by atoms with Gasteiger partial charge >= 0.3 is 0 Å². The van der Waals surface area contributed by atoms with Crippen LogP contribution < -0.4 is 0 Å². The second-order valence-electron chi connectivity index (χ2n) is 6.41. The molecule has 20 heavy (non-hydrogen) atoms. The number of carbonyl (C=O) groups is 1. The smallest absolute Gasteiger partial charge is 0.193 e. The highest BCUT2D eigenvalue weighted by molar-refractivity contribution is 6.10. The largest absolute Gasteiger partial charge is 0.289 e. The van der Waals surface area contributed by atoms with Crippen molar-refractivity contribution in [2.75, 3.05) is 0 Å². The first kappa shape index (κ1) is 14.5. The molecule has 0 aliphatic heterocycles. The first-order valence-corrected chi connectivity index (χ1v) is 7.02. The maximum Gasteiger partial charge on any atom is 0.193 e. The Morgan fingerprint density at radius 2 is 1.55 bits per heavy atom. The van der Waals surface area contributed by atoms with Crippen molar-refractivity contribution in [2.24, 2.45) is 0 Å². The third-order valence-corrected chi connectivity index (χ3v) is 3.81. The molecule has 0 saturated carbocycles. The molecule has 0 aliphatic rings. The zero-order valence-electron chi connectivity index (χ0n) is 12.9. The molecule has 0 saturated heterocycles. The quantitative estimate of drug-likeness (QED) is 0.711. The van der Waals surface area contributed by atoms with Gasteiger partial charge < -0.3 is 0 Å². The van der Waals surface area contributed by atoms with Crippen LogP contribution in [0.2, 0.25) is 0 Å². The Morgan fingerprint density at radius 3 is 2.10 bits per heavy atom. The molecule has 1 nitrogen and oxygen atoms in total. The van der Waals surface area contributed by atoms with Crippen LogP contribution in [0.3, 0.4) is 0 Å². The Labute approximate surface area is 121 Å². The summed E-state index contributed by atoms with van der Waals surface area (Å²) in [5, 5.41) is 0. The van der Waals surface area contributed by atoms with Crippen molar-refractivity contribution in [1.82, 2.24) is 0 Å². The third-order valence-electron chi connectivity index (χ3n) is 3.81. The summed E-state index contributed by atoms with van der Waals surface area (Å²) < 4.78 is 0. The van der Waals surface area contributed by atoms with Crippen molar-refractivity contribution in [3.05, 3.63) is 70.3 Å². The van der Waals surface area contributed by atoms with Crippen molar-refractivity contribution >= 4 is 5.78 Å². The Morgan fingerprint density at radius 1 is 0.950 bits per heavy atom. The van der Waals surface area contributed by atoms with Crippen LogP contribution >= 0.6 is 0 Å². The molecule has 0 heterocycles. The zero-order chi connectivity index (χ0) is 14.9. The highest BCUT2D eigenvalue weighted by Crippen LogP contribution is 2.28. The second kappa shape index (κ2) is 5.24. The summed E-state index contributed by atoms with van der Waals surface area (Å²) in [6.45, 7) is 10.6. The SMILES string of the molecule is Cc1cc(C(C)(C)C)cc(C(=O)c2ccccc2)c1C. The lowest BCUT2D eigenvalue weighted by atomic mass is 9.82. The summed E-state index contributed by atoms with van der Waals surface area (Å²) in [7, 11) is 0. The fourth-order valence-electron chi connectivity index (χ4n) is 2.27. The topological polar surface area (TPSA) is 17.1 Å². The molecule has 0 radical (unpaired) electrons. The predicted molar refractivity (Wildman–Crippen MR) is 84.5 cm³/mol. The van der Waals surface area contributed by atoms with E-state index in [0.29, 0.717) is 0 Å². The minimum Gasteiger partial charge on any atom is -0.289 e. The van der Waals surface area contributed by atoms with Gasteiger partial charge in [0.25, 0.3) is 0 Å². The molecule has 0 aromatic heterocycles. The molecule has 0 spiro atoms. The van der Waals surface area contributed by atoms with E-state index in [4.69, 9.17) is 0 Å². The number of ketones is 1. The summed E-state index contributed by atoms with van der Waals surface area (Å²) in [6, 6.07) is 13.7. The second-order valence-corrected chi connectivity index (χ2v) is 6.41. The van der Waals surface area contributed by atoms with Gasteiger partial charge in [0.2, 0.25) is 0 Å². The van der Waals surface area contributed by atoms with Crippen LogP contribution in [0.4, 0.5) is 0 Å². The molecule has 0 bridgehead atoms. The van der Waals surface area contributed by atoms with Crippen LogP contribution in [0.15, 0.2) is 42.5 Å². The van der Waals surface area contributed by atoms with Gasteiger partial charge in [-0.2, -0.15) is 0 Å². The van der Waals surface area contributed by atoms with Crippen molar-refractivity contribution in [2.45, 2.75) is 40.0 Å². The van der Waals surface area contributed by atoms with Crippen LogP contribution in [0, 0.1) is 13.8 Å². The lowest BCUT2D eigenvalue weighted by Gasteiger charge is -2.22. The van der Waals surface area contributed by atoms with E-state index in [1.165, 1.54) is 11.1 Å². The van der Waals surface area contributed by atoms with Crippen molar-refractivity contribution in [3.63, 3.8) is 0 Å². The van der Waals surface area contributed by atoms with Gasteiger partial charge in [-0.15, -0.1) is 0 Å². The van der Waals surface area contributed by atoms with Gasteiger partial charge in [0.05, 0.1) is 0 Å². The Kier molecular flexibility index (Phi) is 3.80. The normalized spacial score (nSPS) is 11.4. The van der Waals surface area contributed by atoms with E-state index in [-0.39, 0.29) is 11.2 Å². The summed E-state index contributed by atoms with van der Waals surface area (Å²) in [6.07, 6.45) is 0. The number of hydrogen-bond acceptors (Lipinski definition) is 1. The van der Waals surface area contributed by atoms with Gasteiger partial charge in [0.1, 0.15) is 0 Å². The number of benzene rings is 2. The van der Waals surface area contributed by atoms with E-state index >= 15 is 0 Å². The van der Waals surface area contributed by atoms with E-state index in [0.717, 1.165) is 16.7 Å². The average molecular weight is 266 g/mol. The first-order valence-electron chi connectivity index (χ1n) is 7.02. The minimum atomic E-state index is 0.0458. The van der Waals surface area contributed by atoms with E-state index in [1.54, 1.807) is 0 Å².